The van der Waals surface area contributed by atoms with Crippen LogP contribution in [-0.2, 0) is 6.42 Å². The fourth-order valence-corrected chi connectivity index (χ4v) is 1.75. The quantitative estimate of drug-likeness (QED) is 0.519. The molecule has 0 unspecified atom stereocenters. The number of benzene rings is 1. The van der Waals surface area contributed by atoms with E-state index in [1.807, 2.05) is 12.1 Å². The Morgan fingerprint density at radius 1 is 1.00 bits per heavy atom. The van der Waals surface area contributed by atoms with Gasteiger partial charge in [0, 0.05) is 11.1 Å². The molecular formula is C14H18O2. The van der Waals surface area contributed by atoms with E-state index in [4.69, 9.17) is 0 Å². The Morgan fingerprint density at radius 3 is 2.38 bits per heavy atom. The van der Waals surface area contributed by atoms with Crippen molar-refractivity contribution in [2.75, 3.05) is 0 Å². The maximum Gasteiger partial charge on any atom is 0.150 e. The van der Waals surface area contributed by atoms with Gasteiger partial charge < -0.3 is 0 Å². The molecule has 0 N–H and O–H groups in total. The van der Waals surface area contributed by atoms with Gasteiger partial charge in [-0.15, -0.1) is 0 Å². The van der Waals surface area contributed by atoms with Crippen LogP contribution in [0.3, 0.4) is 0 Å². The Bertz CT molecular complexity index is 356. The summed E-state index contributed by atoms with van der Waals surface area (Å²) >= 11 is 0. The van der Waals surface area contributed by atoms with Crippen molar-refractivity contribution in [2.45, 2.75) is 39.0 Å². The van der Waals surface area contributed by atoms with Crippen LogP contribution in [0.2, 0.25) is 0 Å². The molecule has 0 aliphatic rings. The van der Waals surface area contributed by atoms with Crippen LogP contribution in [0.25, 0.3) is 0 Å². The highest BCUT2D eigenvalue weighted by atomic mass is 16.1. The topological polar surface area (TPSA) is 34.1 Å². The second kappa shape index (κ2) is 6.94. The highest BCUT2D eigenvalue weighted by Crippen LogP contribution is 2.12. The summed E-state index contributed by atoms with van der Waals surface area (Å²) < 4.78 is 0. The smallest absolute Gasteiger partial charge is 0.150 e. The Morgan fingerprint density at radius 2 is 1.75 bits per heavy atom. The molecule has 0 heterocycles. The number of aldehydes is 2. The maximum absolute atomic E-state index is 10.8. The number of hydrogen-bond donors (Lipinski definition) is 0. The molecule has 0 amide bonds. The third kappa shape index (κ3) is 3.61. The van der Waals surface area contributed by atoms with E-state index in [0.29, 0.717) is 11.1 Å². The van der Waals surface area contributed by atoms with Crippen LogP contribution in [0.1, 0.15) is 58.9 Å². The lowest BCUT2D eigenvalue weighted by molar-refractivity contribution is 0.109. The maximum atomic E-state index is 10.8. The van der Waals surface area contributed by atoms with Crippen molar-refractivity contribution in [1.82, 2.24) is 0 Å². The summed E-state index contributed by atoms with van der Waals surface area (Å²) in [6.45, 7) is 2.18. The Hall–Kier alpha value is -1.44. The zero-order valence-corrected chi connectivity index (χ0v) is 9.74. The van der Waals surface area contributed by atoms with E-state index in [1.54, 1.807) is 6.07 Å². The molecule has 0 atom stereocenters. The lowest BCUT2D eigenvalue weighted by Crippen LogP contribution is -1.94. The highest BCUT2D eigenvalue weighted by Gasteiger charge is 2.02. The lowest BCUT2D eigenvalue weighted by atomic mass is 10.0. The Labute approximate surface area is 96.7 Å². The van der Waals surface area contributed by atoms with E-state index < -0.39 is 0 Å². The van der Waals surface area contributed by atoms with Crippen LogP contribution >= 0.6 is 0 Å². The number of aryl methyl sites for hydroxylation is 1. The average Bonchev–Trinajstić information content (AvgIpc) is 2.34. The fraction of sp³-hybridized carbons (Fsp3) is 0.429. The van der Waals surface area contributed by atoms with Gasteiger partial charge in [-0.3, -0.25) is 9.59 Å². The van der Waals surface area contributed by atoms with Gasteiger partial charge in [0.1, 0.15) is 0 Å². The molecule has 16 heavy (non-hydrogen) atoms. The standard InChI is InChI=1S/C14H18O2/c1-2-3-4-5-6-12-7-8-13(10-15)14(9-12)11-16/h7-11H,2-6H2,1H3. The number of carbonyl (C=O) groups is 2. The van der Waals surface area contributed by atoms with Crippen molar-refractivity contribution in [2.24, 2.45) is 0 Å². The molecule has 86 valence electrons. The van der Waals surface area contributed by atoms with Gasteiger partial charge in [-0.2, -0.15) is 0 Å². The minimum atomic E-state index is 0.479. The summed E-state index contributed by atoms with van der Waals surface area (Å²) in [6, 6.07) is 5.48. The predicted molar refractivity (Wildman–Crippen MR) is 65.1 cm³/mol. The third-order valence-corrected chi connectivity index (χ3v) is 2.72. The molecular weight excluding hydrogens is 200 g/mol. The van der Waals surface area contributed by atoms with Crippen molar-refractivity contribution >= 4 is 12.6 Å². The fourth-order valence-electron chi connectivity index (χ4n) is 1.75. The molecule has 0 spiro atoms. The minimum absolute atomic E-state index is 0.479. The first-order chi connectivity index (χ1) is 7.81. The van der Waals surface area contributed by atoms with E-state index in [0.717, 1.165) is 31.0 Å². The molecule has 0 saturated heterocycles. The molecule has 1 aromatic rings. The van der Waals surface area contributed by atoms with Crippen molar-refractivity contribution < 1.29 is 9.59 Å². The van der Waals surface area contributed by atoms with E-state index in [1.165, 1.54) is 19.3 Å². The van der Waals surface area contributed by atoms with Gasteiger partial charge in [-0.05, 0) is 24.5 Å². The Kier molecular flexibility index (Phi) is 5.48. The number of carbonyl (C=O) groups excluding carboxylic acids is 2. The van der Waals surface area contributed by atoms with Crippen molar-refractivity contribution in [3.63, 3.8) is 0 Å². The van der Waals surface area contributed by atoms with Crippen molar-refractivity contribution in [3.05, 3.63) is 34.9 Å². The lowest BCUT2D eigenvalue weighted by Gasteiger charge is -2.03. The number of unbranched alkanes of at least 4 members (excludes halogenated alkanes) is 3. The normalized spacial score (nSPS) is 10.1. The zero-order valence-electron chi connectivity index (χ0n) is 9.74. The van der Waals surface area contributed by atoms with E-state index in [2.05, 4.69) is 6.92 Å². The molecule has 0 aromatic heterocycles. The summed E-state index contributed by atoms with van der Waals surface area (Å²) in [6.07, 6.45) is 7.31. The van der Waals surface area contributed by atoms with Crippen LogP contribution in [0.4, 0.5) is 0 Å². The van der Waals surface area contributed by atoms with E-state index in [-0.39, 0.29) is 0 Å². The van der Waals surface area contributed by atoms with Gasteiger partial charge in [0.2, 0.25) is 0 Å². The minimum Gasteiger partial charge on any atom is -0.298 e. The zero-order chi connectivity index (χ0) is 11.8. The summed E-state index contributed by atoms with van der Waals surface area (Å²) in [5.41, 5.74) is 2.12. The molecule has 2 nitrogen and oxygen atoms in total. The molecule has 0 fully saturated rings. The van der Waals surface area contributed by atoms with Crippen molar-refractivity contribution in [1.29, 1.82) is 0 Å². The van der Waals surface area contributed by atoms with Gasteiger partial charge in [0.05, 0.1) is 0 Å². The van der Waals surface area contributed by atoms with Gasteiger partial charge in [-0.1, -0.05) is 38.3 Å². The molecule has 2 heteroatoms. The van der Waals surface area contributed by atoms with Crippen molar-refractivity contribution in [3.8, 4) is 0 Å². The van der Waals surface area contributed by atoms with Crippen LogP contribution < -0.4 is 0 Å². The third-order valence-electron chi connectivity index (χ3n) is 2.72. The number of rotatable bonds is 7. The van der Waals surface area contributed by atoms with E-state index in [9.17, 15) is 9.59 Å². The SMILES string of the molecule is CCCCCCc1ccc(C=O)c(C=O)c1. The summed E-state index contributed by atoms with van der Waals surface area (Å²) in [4.78, 5) is 21.4. The summed E-state index contributed by atoms with van der Waals surface area (Å²) in [5, 5.41) is 0. The van der Waals surface area contributed by atoms with Crippen LogP contribution in [-0.4, -0.2) is 12.6 Å². The van der Waals surface area contributed by atoms with Crippen LogP contribution in [0, 0.1) is 0 Å². The molecule has 0 saturated carbocycles. The summed E-state index contributed by atoms with van der Waals surface area (Å²) in [5.74, 6) is 0. The molecule has 1 aromatic carbocycles. The summed E-state index contributed by atoms with van der Waals surface area (Å²) in [7, 11) is 0. The van der Waals surface area contributed by atoms with E-state index >= 15 is 0 Å². The average molecular weight is 218 g/mol. The molecule has 0 bridgehead atoms. The largest absolute Gasteiger partial charge is 0.298 e. The first-order valence-corrected chi connectivity index (χ1v) is 5.85. The van der Waals surface area contributed by atoms with Gasteiger partial charge in [0.15, 0.2) is 12.6 Å². The second-order valence-corrected chi connectivity index (χ2v) is 4.01. The monoisotopic (exact) mass is 218 g/mol. The van der Waals surface area contributed by atoms with Gasteiger partial charge >= 0.3 is 0 Å². The molecule has 0 radical (unpaired) electrons. The van der Waals surface area contributed by atoms with Gasteiger partial charge in [0.25, 0.3) is 0 Å². The number of hydrogen-bond acceptors (Lipinski definition) is 2. The van der Waals surface area contributed by atoms with Crippen LogP contribution in [0.15, 0.2) is 18.2 Å². The first kappa shape index (κ1) is 12.6. The highest BCUT2D eigenvalue weighted by molar-refractivity contribution is 5.90. The first-order valence-electron chi connectivity index (χ1n) is 5.85. The Balaban J connectivity index is 2.60. The molecule has 0 aliphatic heterocycles. The molecule has 0 aliphatic carbocycles. The molecule has 1 rings (SSSR count). The predicted octanol–water partition coefficient (Wildman–Crippen LogP) is 3.43. The van der Waals surface area contributed by atoms with Gasteiger partial charge in [-0.25, -0.2) is 0 Å². The van der Waals surface area contributed by atoms with Crippen LogP contribution in [0.5, 0.6) is 0 Å². The second-order valence-electron chi connectivity index (χ2n) is 4.01.